The predicted octanol–water partition coefficient (Wildman–Crippen LogP) is 0.585. The monoisotopic (exact) mass is 267 g/mol. The van der Waals surface area contributed by atoms with Gasteiger partial charge in [-0.1, -0.05) is 6.58 Å². The molecule has 0 amide bonds. The first-order valence-corrected chi connectivity index (χ1v) is 6.42. The summed E-state index contributed by atoms with van der Waals surface area (Å²) in [5.41, 5.74) is 5.62. The Morgan fingerprint density at radius 3 is 2.71 bits per heavy atom. The van der Waals surface area contributed by atoms with Crippen LogP contribution in [0.15, 0.2) is 12.7 Å². The molecule has 8 heteroatoms. The fourth-order valence-electron chi connectivity index (χ4n) is 1.03. The molecule has 0 saturated carbocycles. The van der Waals surface area contributed by atoms with E-state index in [4.69, 9.17) is 15.4 Å². The quantitative estimate of drug-likeness (QED) is 0.376. The van der Waals surface area contributed by atoms with Gasteiger partial charge in [0.2, 0.25) is 0 Å². The highest BCUT2D eigenvalue weighted by atomic mass is 31.2. The Balaban J connectivity index is 3.93. The summed E-state index contributed by atoms with van der Waals surface area (Å²) in [7, 11) is -2.95. The standard InChI is InChI=1S/C9H18NO6P/c1-4-9(11)16-7(2)5-8(10)6-15-17(12,13)14-3/h4,7-8H,1,5-6,10H2,2-3H3,(H,12,13). The van der Waals surface area contributed by atoms with E-state index in [1.54, 1.807) is 6.92 Å². The molecule has 0 aliphatic carbocycles. The van der Waals surface area contributed by atoms with E-state index in [-0.39, 0.29) is 6.61 Å². The summed E-state index contributed by atoms with van der Waals surface area (Å²) >= 11 is 0. The number of rotatable bonds is 8. The topological polar surface area (TPSA) is 108 Å². The van der Waals surface area contributed by atoms with E-state index in [0.29, 0.717) is 6.42 Å². The first-order chi connectivity index (χ1) is 7.80. The number of hydrogen-bond acceptors (Lipinski definition) is 6. The number of hydrogen-bond donors (Lipinski definition) is 2. The van der Waals surface area contributed by atoms with Crippen molar-refractivity contribution in [2.24, 2.45) is 5.73 Å². The minimum Gasteiger partial charge on any atom is -0.459 e. The lowest BCUT2D eigenvalue weighted by atomic mass is 10.1. The smallest absolute Gasteiger partial charge is 0.459 e. The lowest BCUT2D eigenvalue weighted by molar-refractivity contribution is -0.142. The number of phosphoric acid groups is 1. The van der Waals surface area contributed by atoms with Gasteiger partial charge in [0.25, 0.3) is 0 Å². The van der Waals surface area contributed by atoms with Gasteiger partial charge in [-0.15, -0.1) is 0 Å². The maximum atomic E-state index is 11.0. The first-order valence-electron chi connectivity index (χ1n) is 4.92. The predicted molar refractivity (Wildman–Crippen MR) is 61.1 cm³/mol. The van der Waals surface area contributed by atoms with Gasteiger partial charge in [-0.2, -0.15) is 0 Å². The fourth-order valence-corrected chi connectivity index (χ4v) is 1.52. The van der Waals surface area contributed by atoms with Gasteiger partial charge in [0.15, 0.2) is 0 Å². The molecule has 3 N–H and O–H groups in total. The Hall–Kier alpha value is -0.720. The molecule has 0 bridgehead atoms. The second-order valence-electron chi connectivity index (χ2n) is 3.39. The van der Waals surface area contributed by atoms with E-state index in [2.05, 4.69) is 15.6 Å². The normalized spacial score (nSPS) is 17.9. The van der Waals surface area contributed by atoms with E-state index < -0.39 is 25.9 Å². The van der Waals surface area contributed by atoms with Gasteiger partial charge in [0, 0.05) is 25.6 Å². The molecule has 0 saturated heterocycles. The molecule has 17 heavy (non-hydrogen) atoms. The second-order valence-corrected chi connectivity index (χ2v) is 4.95. The van der Waals surface area contributed by atoms with Crippen LogP contribution in [-0.2, 0) is 23.1 Å². The number of phosphoric ester groups is 1. The van der Waals surface area contributed by atoms with E-state index in [0.717, 1.165) is 13.2 Å². The van der Waals surface area contributed by atoms with Crippen molar-refractivity contribution < 1.29 is 28.0 Å². The van der Waals surface area contributed by atoms with Crippen molar-refractivity contribution in [2.45, 2.75) is 25.5 Å². The van der Waals surface area contributed by atoms with Crippen molar-refractivity contribution in [1.29, 1.82) is 0 Å². The molecule has 7 nitrogen and oxygen atoms in total. The van der Waals surface area contributed by atoms with Gasteiger partial charge in [0.1, 0.15) is 6.10 Å². The maximum absolute atomic E-state index is 11.0. The molecule has 0 aliphatic heterocycles. The van der Waals surface area contributed by atoms with Crippen molar-refractivity contribution in [3.63, 3.8) is 0 Å². The second kappa shape index (κ2) is 7.58. The van der Waals surface area contributed by atoms with Gasteiger partial charge in [-0.3, -0.25) is 9.05 Å². The molecular weight excluding hydrogens is 249 g/mol. The Bertz CT molecular complexity index is 308. The Morgan fingerprint density at radius 1 is 1.65 bits per heavy atom. The first kappa shape index (κ1) is 16.3. The molecular formula is C9H18NO6P. The van der Waals surface area contributed by atoms with Crippen molar-refractivity contribution >= 4 is 13.8 Å². The third-order valence-electron chi connectivity index (χ3n) is 1.80. The number of ether oxygens (including phenoxy) is 1. The minimum atomic E-state index is -4.01. The highest BCUT2D eigenvalue weighted by Crippen LogP contribution is 2.41. The van der Waals surface area contributed by atoms with Crippen LogP contribution in [0.1, 0.15) is 13.3 Å². The summed E-state index contributed by atoms with van der Waals surface area (Å²) in [6.45, 7) is 4.74. The molecule has 0 heterocycles. The van der Waals surface area contributed by atoms with Crippen LogP contribution in [0.25, 0.3) is 0 Å². The van der Waals surface area contributed by atoms with E-state index in [1.165, 1.54) is 0 Å². The Labute approximate surface area is 100 Å². The molecule has 0 aromatic heterocycles. The van der Waals surface area contributed by atoms with Crippen LogP contribution in [-0.4, -0.2) is 36.7 Å². The van der Waals surface area contributed by atoms with E-state index in [9.17, 15) is 9.36 Å². The largest absolute Gasteiger partial charge is 0.471 e. The average molecular weight is 267 g/mol. The van der Waals surface area contributed by atoms with E-state index in [1.807, 2.05) is 0 Å². The van der Waals surface area contributed by atoms with Crippen LogP contribution in [0.2, 0.25) is 0 Å². The van der Waals surface area contributed by atoms with Crippen molar-refractivity contribution in [3.8, 4) is 0 Å². The average Bonchev–Trinajstić information content (AvgIpc) is 2.26. The highest BCUT2D eigenvalue weighted by Gasteiger charge is 2.21. The highest BCUT2D eigenvalue weighted by molar-refractivity contribution is 7.47. The zero-order chi connectivity index (χ0) is 13.5. The molecule has 3 unspecified atom stereocenters. The number of nitrogens with two attached hydrogens (primary N) is 1. The van der Waals surface area contributed by atoms with Gasteiger partial charge in [-0.05, 0) is 6.92 Å². The summed E-state index contributed by atoms with van der Waals surface area (Å²) in [6, 6.07) is -0.543. The number of carbonyl (C=O) groups is 1. The number of esters is 1. The van der Waals surface area contributed by atoms with Crippen LogP contribution >= 0.6 is 7.82 Å². The third-order valence-corrected chi connectivity index (χ3v) is 2.74. The van der Waals surface area contributed by atoms with Crippen LogP contribution in [0.4, 0.5) is 0 Å². The molecule has 0 spiro atoms. The lowest BCUT2D eigenvalue weighted by Crippen LogP contribution is -2.31. The fraction of sp³-hybridized carbons (Fsp3) is 0.667. The van der Waals surface area contributed by atoms with Crippen LogP contribution in [0.5, 0.6) is 0 Å². The van der Waals surface area contributed by atoms with Crippen LogP contribution in [0.3, 0.4) is 0 Å². The SMILES string of the molecule is C=CC(=O)OC(C)CC(N)COP(=O)(O)OC. The molecule has 0 radical (unpaired) electrons. The molecule has 0 aliphatic rings. The minimum absolute atomic E-state index is 0.169. The molecule has 0 rings (SSSR count). The number of carbonyl (C=O) groups excluding carboxylic acids is 1. The van der Waals surface area contributed by atoms with Crippen molar-refractivity contribution in [1.82, 2.24) is 0 Å². The van der Waals surface area contributed by atoms with Crippen LogP contribution in [0, 0.1) is 0 Å². The molecule has 100 valence electrons. The zero-order valence-corrected chi connectivity index (χ0v) is 10.8. The van der Waals surface area contributed by atoms with Gasteiger partial charge in [-0.25, -0.2) is 9.36 Å². The summed E-state index contributed by atoms with van der Waals surface area (Å²) in [4.78, 5) is 19.8. The summed E-state index contributed by atoms with van der Waals surface area (Å²) < 4.78 is 24.6. The molecule has 0 fully saturated rings. The summed E-state index contributed by atoms with van der Waals surface area (Å²) in [5, 5.41) is 0. The van der Waals surface area contributed by atoms with Gasteiger partial charge >= 0.3 is 13.8 Å². The zero-order valence-electron chi connectivity index (χ0n) is 9.87. The summed E-state index contributed by atoms with van der Waals surface area (Å²) in [5.74, 6) is -0.546. The molecule has 3 atom stereocenters. The molecule has 0 aromatic carbocycles. The Kier molecular flexibility index (Phi) is 7.26. The van der Waals surface area contributed by atoms with Crippen LogP contribution < -0.4 is 5.73 Å². The van der Waals surface area contributed by atoms with Gasteiger partial charge in [0.05, 0.1) is 6.61 Å². The van der Waals surface area contributed by atoms with Crippen molar-refractivity contribution in [2.75, 3.05) is 13.7 Å². The maximum Gasteiger partial charge on any atom is 0.471 e. The summed E-state index contributed by atoms with van der Waals surface area (Å²) in [6.07, 6.45) is 0.911. The lowest BCUT2D eigenvalue weighted by Gasteiger charge is -2.18. The molecule has 0 aromatic rings. The van der Waals surface area contributed by atoms with E-state index >= 15 is 0 Å². The third kappa shape index (κ3) is 8.06. The van der Waals surface area contributed by atoms with Gasteiger partial charge < -0.3 is 15.4 Å². The Morgan fingerprint density at radius 2 is 2.24 bits per heavy atom. The van der Waals surface area contributed by atoms with Crippen molar-refractivity contribution in [3.05, 3.63) is 12.7 Å².